The van der Waals surface area contributed by atoms with E-state index >= 15 is 0 Å². The molecule has 1 aliphatic rings. The first-order chi connectivity index (χ1) is 22.8. The maximum Gasteiger partial charge on any atom is 0.137 e. The van der Waals surface area contributed by atoms with Crippen LogP contribution in [0.25, 0.3) is 60.8 Å². The first-order valence-electron chi connectivity index (χ1n) is 15.7. The summed E-state index contributed by atoms with van der Waals surface area (Å²) in [4.78, 5) is 2.35. The maximum atomic E-state index is 6.34. The third kappa shape index (κ3) is 4.36. The minimum Gasteiger partial charge on any atom is -0.458 e. The van der Waals surface area contributed by atoms with Crippen LogP contribution in [0.2, 0.25) is 0 Å². The SMILES string of the molecule is C1=Cc2c(oc3cccc(N(c4ccc(-c5ccccc5)cc4)c4ccc(-c5cc6ccccc6c6ccccc56)cc4)c23)CN1. The van der Waals surface area contributed by atoms with Crippen LogP contribution in [0.4, 0.5) is 17.1 Å². The molecule has 0 spiro atoms. The lowest BCUT2D eigenvalue weighted by Gasteiger charge is -2.27. The highest BCUT2D eigenvalue weighted by Crippen LogP contribution is 2.44. The van der Waals surface area contributed by atoms with Crippen LogP contribution >= 0.6 is 0 Å². The van der Waals surface area contributed by atoms with Gasteiger partial charge in [0.25, 0.3) is 0 Å². The molecule has 1 aromatic heterocycles. The second-order valence-electron chi connectivity index (χ2n) is 11.8. The third-order valence-corrected chi connectivity index (χ3v) is 9.12. The van der Waals surface area contributed by atoms with Crippen molar-refractivity contribution in [2.24, 2.45) is 0 Å². The summed E-state index contributed by atoms with van der Waals surface area (Å²) in [6, 6.07) is 54.4. The minimum absolute atomic E-state index is 0.681. The van der Waals surface area contributed by atoms with Gasteiger partial charge in [-0.15, -0.1) is 0 Å². The van der Waals surface area contributed by atoms with Gasteiger partial charge in [0, 0.05) is 16.9 Å². The highest BCUT2D eigenvalue weighted by atomic mass is 16.3. The van der Waals surface area contributed by atoms with Gasteiger partial charge in [0.15, 0.2) is 0 Å². The Bertz CT molecular complexity index is 2400. The number of nitrogens with one attached hydrogen (secondary N) is 1. The molecule has 0 radical (unpaired) electrons. The van der Waals surface area contributed by atoms with Crippen LogP contribution in [0.5, 0.6) is 0 Å². The van der Waals surface area contributed by atoms with Crippen molar-refractivity contribution < 1.29 is 4.42 Å². The highest BCUT2D eigenvalue weighted by molar-refractivity contribution is 6.14. The molecule has 0 aliphatic carbocycles. The Kier molecular flexibility index (Phi) is 6.20. The molecule has 1 N–H and O–H groups in total. The predicted octanol–water partition coefficient (Wildman–Crippen LogP) is 11.6. The van der Waals surface area contributed by atoms with E-state index in [1.807, 2.05) is 6.20 Å². The minimum atomic E-state index is 0.681. The molecular weight excluding hydrogens is 560 g/mol. The molecule has 7 aromatic carbocycles. The van der Waals surface area contributed by atoms with Crippen LogP contribution in [0.1, 0.15) is 11.3 Å². The van der Waals surface area contributed by atoms with Crippen molar-refractivity contribution in [2.75, 3.05) is 4.90 Å². The zero-order chi connectivity index (χ0) is 30.5. The number of nitrogens with zero attached hydrogens (tertiary/aromatic N) is 1. The number of hydrogen-bond donors (Lipinski definition) is 1. The number of anilines is 3. The molecule has 3 heteroatoms. The molecule has 1 aliphatic heterocycles. The molecule has 0 amide bonds. The Morgan fingerprint density at radius 3 is 1.98 bits per heavy atom. The molecule has 46 heavy (non-hydrogen) atoms. The van der Waals surface area contributed by atoms with Gasteiger partial charge in [-0.3, -0.25) is 0 Å². The van der Waals surface area contributed by atoms with E-state index in [0.29, 0.717) is 6.54 Å². The van der Waals surface area contributed by atoms with Gasteiger partial charge in [-0.1, -0.05) is 109 Å². The fourth-order valence-electron chi connectivity index (χ4n) is 6.93. The zero-order valence-corrected chi connectivity index (χ0v) is 25.2. The second-order valence-corrected chi connectivity index (χ2v) is 11.8. The Balaban J connectivity index is 1.21. The van der Waals surface area contributed by atoms with Gasteiger partial charge in [-0.25, -0.2) is 0 Å². The predicted molar refractivity (Wildman–Crippen MR) is 193 cm³/mol. The maximum absolute atomic E-state index is 6.34. The quantitative estimate of drug-likeness (QED) is 0.202. The lowest BCUT2D eigenvalue weighted by atomic mass is 9.93. The topological polar surface area (TPSA) is 28.4 Å². The number of hydrogen-bond acceptors (Lipinski definition) is 3. The summed E-state index contributed by atoms with van der Waals surface area (Å²) in [5.74, 6) is 0.961. The standard InChI is InChI=1S/C43H30N2O/c1-2-9-29(10-3-1)30-17-21-33(22-18-30)45(40-15-8-16-41-43(40)38-25-26-44-28-42(38)46-41)34-23-19-31(20-24-34)39-27-32-11-4-5-12-35(32)36-13-6-7-14-37(36)39/h1-27,44H,28H2. The Morgan fingerprint density at radius 2 is 1.20 bits per heavy atom. The highest BCUT2D eigenvalue weighted by Gasteiger charge is 2.22. The van der Waals surface area contributed by atoms with E-state index in [2.05, 4.69) is 168 Å². The van der Waals surface area contributed by atoms with Crippen LogP contribution in [0.3, 0.4) is 0 Å². The summed E-state index contributed by atoms with van der Waals surface area (Å²) >= 11 is 0. The first-order valence-corrected chi connectivity index (χ1v) is 15.7. The van der Waals surface area contributed by atoms with E-state index in [0.717, 1.165) is 39.4 Å². The number of rotatable bonds is 5. The molecule has 0 unspecified atom stereocenters. The van der Waals surface area contributed by atoms with Gasteiger partial charge >= 0.3 is 0 Å². The van der Waals surface area contributed by atoms with Gasteiger partial charge < -0.3 is 14.6 Å². The molecule has 0 bridgehead atoms. The number of benzene rings is 7. The average molecular weight is 591 g/mol. The number of furan rings is 1. The van der Waals surface area contributed by atoms with E-state index in [-0.39, 0.29) is 0 Å². The summed E-state index contributed by atoms with van der Waals surface area (Å²) in [7, 11) is 0. The monoisotopic (exact) mass is 590 g/mol. The second kappa shape index (κ2) is 10.8. The first kappa shape index (κ1) is 26.4. The number of fused-ring (bicyclic) bond motifs is 6. The smallest absolute Gasteiger partial charge is 0.137 e. The van der Waals surface area contributed by atoms with Crippen molar-refractivity contribution in [2.45, 2.75) is 6.54 Å². The van der Waals surface area contributed by atoms with E-state index < -0.39 is 0 Å². The molecule has 0 fully saturated rings. The normalized spacial score (nSPS) is 12.3. The van der Waals surface area contributed by atoms with E-state index in [1.54, 1.807) is 0 Å². The van der Waals surface area contributed by atoms with Crippen LogP contribution in [-0.4, -0.2) is 0 Å². The molecule has 9 rings (SSSR count). The molecule has 2 heterocycles. The van der Waals surface area contributed by atoms with Gasteiger partial charge in [0.1, 0.15) is 11.3 Å². The van der Waals surface area contributed by atoms with Crippen LogP contribution in [-0.2, 0) is 6.54 Å². The van der Waals surface area contributed by atoms with Gasteiger partial charge in [-0.2, -0.15) is 0 Å². The molecule has 218 valence electrons. The van der Waals surface area contributed by atoms with E-state index in [4.69, 9.17) is 4.42 Å². The van der Waals surface area contributed by atoms with Crippen molar-refractivity contribution in [1.82, 2.24) is 5.32 Å². The lowest BCUT2D eigenvalue weighted by molar-refractivity contribution is 0.532. The fourth-order valence-corrected chi connectivity index (χ4v) is 6.93. The summed E-state index contributed by atoms with van der Waals surface area (Å²) in [5.41, 5.74) is 10.1. The van der Waals surface area contributed by atoms with Crippen molar-refractivity contribution in [3.63, 3.8) is 0 Å². The zero-order valence-electron chi connectivity index (χ0n) is 25.2. The summed E-state index contributed by atoms with van der Waals surface area (Å²) < 4.78 is 6.34. The van der Waals surface area contributed by atoms with Gasteiger partial charge in [-0.05, 0) is 98.5 Å². The third-order valence-electron chi connectivity index (χ3n) is 9.12. The van der Waals surface area contributed by atoms with Gasteiger partial charge in [0.05, 0.1) is 17.6 Å². The fraction of sp³-hybridized carbons (Fsp3) is 0.0233. The Morgan fingerprint density at radius 1 is 0.543 bits per heavy atom. The largest absolute Gasteiger partial charge is 0.458 e. The molecule has 3 nitrogen and oxygen atoms in total. The Hall–Kier alpha value is -6.06. The summed E-state index contributed by atoms with van der Waals surface area (Å²) in [5, 5.41) is 9.48. The summed E-state index contributed by atoms with van der Waals surface area (Å²) in [6.07, 6.45) is 4.13. The van der Waals surface area contributed by atoms with E-state index in [1.165, 1.54) is 43.8 Å². The summed E-state index contributed by atoms with van der Waals surface area (Å²) in [6.45, 7) is 0.681. The molecule has 0 atom stereocenters. The van der Waals surface area contributed by atoms with Crippen LogP contribution in [0, 0.1) is 0 Å². The Labute approximate surface area is 267 Å². The van der Waals surface area contributed by atoms with Crippen molar-refractivity contribution in [3.8, 4) is 22.3 Å². The van der Waals surface area contributed by atoms with E-state index in [9.17, 15) is 0 Å². The molecular formula is C43H30N2O. The molecule has 8 aromatic rings. The average Bonchev–Trinajstić information content (AvgIpc) is 3.52. The lowest BCUT2D eigenvalue weighted by Crippen LogP contribution is -2.11. The molecule has 0 saturated heterocycles. The van der Waals surface area contributed by atoms with Crippen LogP contribution in [0.15, 0.2) is 162 Å². The van der Waals surface area contributed by atoms with Crippen molar-refractivity contribution in [1.29, 1.82) is 0 Å². The van der Waals surface area contributed by atoms with Crippen LogP contribution < -0.4 is 10.2 Å². The van der Waals surface area contributed by atoms with Crippen molar-refractivity contribution in [3.05, 3.63) is 169 Å². The van der Waals surface area contributed by atoms with Gasteiger partial charge in [0.2, 0.25) is 0 Å². The molecule has 0 saturated carbocycles. The van der Waals surface area contributed by atoms with Crippen molar-refractivity contribution >= 4 is 55.7 Å².